The van der Waals surface area contributed by atoms with Gasteiger partial charge in [-0.05, 0) is 24.7 Å². The van der Waals surface area contributed by atoms with Crippen molar-refractivity contribution in [3.63, 3.8) is 0 Å². The molecule has 4 rings (SSSR count). The zero-order chi connectivity index (χ0) is 18.3. The minimum atomic E-state index is -0.0849. The third-order valence-electron chi connectivity index (χ3n) is 5.00. The molecule has 26 heavy (non-hydrogen) atoms. The van der Waals surface area contributed by atoms with Gasteiger partial charge in [0.05, 0.1) is 0 Å². The van der Waals surface area contributed by atoms with E-state index in [1.807, 2.05) is 16.6 Å². The molecule has 3 aromatic rings. The fraction of sp³-hybridized carbons (Fsp3) is 0.450. The topological polar surface area (TPSA) is 49.6 Å². The largest absolute Gasteiger partial charge is 0.352 e. The van der Waals surface area contributed by atoms with Gasteiger partial charge in [0.15, 0.2) is 11.5 Å². The van der Waals surface area contributed by atoms with Crippen LogP contribution in [0.5, 0.6) is 0 Å². The standard InChI is InChI=1S/C20H26N6/c1-20(2,3)19-22-21-17-10-11-18(23-26(17)19)25-13-16(14-25)24(4)12-15-8-6-5-7-9-15/h5-11,16H,12-14H2,1-4H3. The minimum Gasteiger partial charge on any atom is -0.352 e. The molecular formula is C20H26N6. The molecule has 6 nitrogen and oxygen atoms in total. The Hall–Kier alpha value is -2.47. The molecular weight excluding hydrogens is 324 g/mol. The quantitative estimate of drug-likeness (QED) is 0.724. The average Bonchev–Trinajstić information content (AvgIpc) is 2.98. The van der Waals surface area contributed by atoms with E-state index in [4.69, 9.17) is 5.10 Å². The van der Waals surface area contributed by atoms with Crippen molar-refractivity contribution < 1.29 is 0 Å². The second-order valence-electron chi connectivity index (χ2n) is 8.19. The van der Waals surface area contributed by atoms with E-state index in [-0.39, 0.29) is 5.41 Å². The molecule has 0 N–H and O–H groups in total. The summed E-state index contributed by atoms with van der Waals surface area (Å²) in [6, 6.07) is 15.2. The van der Waals surface area contributed by atoms with Gasteiger partial charge in [-0.2, -0.15) is 4.52 Å². The Morgan fingerprint density at radius 3 is 2.46 bits per heavy atom. The van der Waals surface area contributed by atoms with E-state index in [1.54, 1.807) is 0 Å². The molecule has 1 saturated heterocycles. The van der Waals surface area contributed by atoms with Gasteiger partial charge in [0.25, 0.3) is 0 Å². The molecule has 2 aromatic heterocycles. The third kappa shape index (κ3) is 3.17. The Balaban J connectivity index is 1.45. The van der Waals surface area contributed by atoms with Gasteiger partial charge < -0.3 is 4.90 Å². The van der Waals surface area contributed by atoms with Crippen LogP contribution in [-0.4, -0.2) is 50.9 Å². The summed E-state index contributed by atoms with van der Waals surface area (Å²) in [7, 11) is 2.20. The summed E-state index contributed by atoms with van der Waals surface area (Å²) < 4.78 is 1.89. The fourth-order valence-corrected chi connectivity index (χ4v) is 3.34. The number of likely N-dealkylation sites (N-methyl/N-ethyl adjacent to an activating group) is 1. The van der Waals surface area contributed by atoms with Crippen LogP contribution in [0.1, 0.15) is 32.2 Å². The van der Waals surface area contributed by atoms with Crippen molar-refractivity contribution in [1.29, 1.82) is 0 Å². The van der Waals surface area contributed by atoms with Crippen molar-refractivity contribution in [2.75, 3.05) is 25.0 Å². The lowest BCUT2D eigenvalue weighted by molar-refractivity contribution is 0.196. The number of rotatable bonds is 4. The van der Waals surface area contributed by atoms with Crippen LogP contribution in [0.4, 0.5) is 5.82 Å². The lowest BCUT2D eigenvalue weighted by Crippen LogP contribution is -2.58. The van der Waals surface area contributed by atoms with Gasteiger partial charge in [0.1, 0.15) is 5.82 Å². The molecule has 0 bridgehead atoms. The Labute approximate surface area is 154 Å². The van der Waals surface area contributed by atoms with E-state index in [1.165, 1.54) is 5.56 Å². The molecule has 1 aliphatic heterocycles. The smallest absolute Gasteiger partial charge is 0.178 e. The highest BCUT2D eigenvalue weighted by Crippen LogP contribution is 2.25. The molecule has 0 amide bonds. The number of nitrogens with zero attached hydrogens (tertiary/aromatic N) is 6. The number of hydrogen-bond acceptors (Lipinski definition) is 5. The van der Waals surface area contributed by atoms with Crippen LogP contribution in [0.3, 0.4) is 0 Å². The maximum absolute atomic E-state index is 4.80. The van der Waals surface area contributed by atoms with Crippen LogP contribution in [0.25, 0.3) is 5.65 Å². The van der Waals surface area contributed by atoms with Crippen LogP contribution in [0.15, 0.2) is 42.5 Å². The van der Waals surface area contributed by atoms with Crippen molar-refractivity contribution in [3.8, 4) is 0 Å². The van der Waals surface area contributed by atoms with E-state index in [0.717, 1.165) is 36.9 Å². The molecule has 136 valence electrons. The zero-order valence-electron chi connectivity index (χ0n) is 15.9. The highest BCUT2D eigenvalue weighted by Gasteiger charge is 2.31. The van der Waals surface area contributed by atoms with Gasteiger partial charge in [-0.25, -0.2) is 0 Å². The second-order valence-corrected chi connectivity index (χ2v) is 8.19. The van der Waals surface area contributed by atoms with E-state index in [0.29, 0.717) is 6.04 Å². The number of hydrogen-bond donors (Lipinski definition) is 0. The van der Waals surface area contributed by atoms with Crippen LogP contribution in [0.2, 0.25) is 0 Å². The highest BCUT2D eigenvalue weighted by atomic mass is 15.4. The van der Waals surface area contributed by atoms with Gasteiger partial charge in [-0.15, -0.1) is 15.3 Å². The monoisotopic (exact) mass is 350 g/mol. The maximum atomic E-state index is 4.80. The molecule has 0 unspecified atom stereocenters. The van der Waals surface area contributed by atoms with Gasteiger partial charge in [0, 0.05) is 31.1 Å². The summed E-state index contributed by atoms with van der Waals surface area (Å²) in [5.74, 6) is 1.89. The number of benzene rings is 1. The third-order valence-corrected chi connectivity index (χ3v) is 5.00. The first-order valence-electron chi connectivity index (χ1n) is 9.14. The molecule has 6 heteroatoms. The van der Waals surface area contributed by atoms with E-state index in [2.05, 4.69) is 78.1 Å². The van der Waals surface area contributed by atoms with Crippen molar-refractivity contribution >= 4 is 11.5 Å². The average molecular weight is 350 g/mol. The predicted molar refractivity (Wildman–Crippen MR) is 103 cm³/mol. The van der Waals surface area contributed by atoms with Gasteiger partial charge in [0.2, 0.25) is 0 Å². The first-order valence-corrected chi connectivity index (χ1v) is 9.14. The molecule has 0 aliphatic carbocycles. The maximum Gasteiger partial charge on any atom is 0.178 e. The van der Waals surface area contributed by atoms with Crippen molar-refractivity contribution in [3.05, 3.63) is 53.9 Å². The van der Waals surface area contributed by atoms with Crippen molar-refractivity contribution in [2.24, 2.45) is 0 Å². The van der Waals surface area contributed by atoms with Crippen LogP contribution >= 0.6 is 0 Å². The number of fused-ring (bicyclic) bond motifs is 1. The molecule has 1 aromatic carbocycles. The Kier molecular flexibility index (Phi) is 4.15. The Morgan fingerprint density at radius 1 is 1.04 bits per heavy atom. The predicted octanol–water partition coefficient (Wildman–Crippen LogP) is 2.74. The summed E-state index contributed by atoms with van der Waals surface area (Å²) in [5, 5.41) is 13.4. The van der Waals surface area contributed by atoms with Crippen molar-refractivity contribution in [2.45, 2.75) is 38.8 Å². The van der Waals surface area contributed by atoms with E-state index < -0.39 is 0 Å². The summed E-state index contributed by atoms with van der Waals surface area (Å²) >= 11 is 0. The van der Waals surface area contributed by atoms with E-state index >= 15 is 0 Å². The number of anilines is 1. The summed E-state index contributed by atoms with van der Waals surface area (Å²) in [6.45, 7) is 9.37. The lowest BCUT2D eigenvalue weighted by atomic mass is 9.96. The Bertz CT molecular complexity index is 890. The lowest BCUT2D eigenvalue weighted by Gasteiger charge is -2.44. The van der Waals surface area contributed by atoms with E-state index in [9.17, 15) is 0 Å². The first-order chi connectivity index (χ1) is 12.4. The van der Waals surface area contributed by atoms with Gasteiger partial charge >= 0.3 is 0 Å². The summed E-state index contributed by atoms with van der Waals surface area (Å²) in [6.07, 6.45) is 0. The van der Waals surface area contributed by atoms with Crippen LogP contribution in [0, 0.1) is 0 Å². The minimum absolute atomic E-state index is 0.0849. The summed E-state index contributed by atoms with van der Waals surface area (Å²) in [4.78, 5) is 4.74. The van der Waals surface area contributed by atoms with Crippen LogP contribution < -0.4 is 4.90 Å². The molecule has 0 atom stereocenters. The second kappa shape index (κ2) is 6.36. The van der Waals surface area contributed by atoms with Gasteiger partial charge in [-0.1, -0.05) is 51.1 Å². The molecule has 0 saturated carbocycles. The molecule has 3 heterocycles. The molecule has 0 spiro atoms. The van der Waals surface area contributed by atoms with Crippen LogP contribution in [-0.2, 0) is 12.0 Å². The zero-order valence-corrected chi connectivity index (χ0v) is 15.9. The van der Waals surface area contributed by atoms with Crippen molar-refractivity contribution in [1.82, 2.24) is 24.7 Å². The fourth-order valence-electron chi connectivity index (χ4n) is 3.34. The highest BCUT2D eigenvalue weighted by molar-refractivity contribution is 5.48. The molecule has 1 fully saturated rings. The number of aromatic nitrogens is 4. The van der Waals surface area contributed by atoms with Gasteiger partial charge in [-0.3, -0.25) is 4.90 Å². The Morgan fingerprint density at radius 2 is 1.77 bits per heavy atom. The SMILES string of the molecule is CN(Cc1ccccc1)C1CN(c2ccc3nnc(C(C)(C)C)n3n2)C1. The first kappa shape index (κ1) is 17.0. The normalized spacial score (nSPS) is 15.7. The summed E-state index contributed by atoms with van der Waals surface area (Å²) in [5.41, 5.74) is 2.07. The molecule has 1 aliphatic rings. The molecule has 0 radical (unpaired) electrons.